The lowest BCUT2D eigenvalue weighted by molar-refractivity contribution is -0.127. The van der Waals surface area contributed by atoms with Gasteiger partial charge in [0.15, 0.2) is 0 Å². The van der Waals surface area contributed by atoms with E-state index in [9.17, 15) is 14.0 Å². The van der Waals surface area contributed by atoms with Gasteiger partial charge >= 0.3 is 5.97 Å². The summed E-state index contributed by atoms with van der Waals surface area (Å²) in [6, 6.07) is 12.0. The second-order valence-electron chi connectivity index (χ2n) is 4.20. The maximum atomic E-state index is 13.7. The summed E-state index contributed by atoms with van der Waals surface area (Å²) in [4.78, 5) is 23.5. The maximum Gasteiger partial charge on any atom is 0.343 e. The minimum atomic E-state index is -1.31. The number of rotatable bonds is 4. The van der Waals surface area contributed by atoms with Gasteiger partial charge in [-0.15, -0.1) is 0 Å². The number of ether oxygens (including phenoxy) is 1. The van der Waals surface area contributed by atoms with Crippen LogP contribution in [-0.2, 0) is 9.53 Å². The van der Waals surface area contributed by atoms with Crippen molar-refractivity contribution in [3.8, 4) is 0 Å². The van der Waals surface area contributed by atoms with Crippen LogP contribution in [0.2, 0.25) is 5.02 Å². The first-order chi connectivity index (χ1) is 10.0. The van der Waals surface area contributed by atoms with Crippen molar-refractivity contribution >= 4 is 23.5 Å². The third kappa shape index (κ3) is 3.38. The van der Waals surface area contributed by atoms with E-state index in [2.05, 4.69) is 0 Å². The summed E-state index contributed by atoms with van der Waals surface area (Å²) in [5, 5.41) is -0.101. The molecule has 0 fully saturated rings. The summed E-state index contributed by atoms with van der Waals surface area (Å²) in [7, 11) is 0. The quantitative estimate of drug-likeness (QED) is 0.883. The highest BCUT2D eigenvalue weighted by molar-refractivity contribution is 6.33. The highest BCUT2D eigenvalue weighted by atomic mass is 35.5. The Kier molecular flexibility index (Phi) is 4.55. The molecular weight excluding hydrogens is 297 g/mol. The monoisotopic (exact) mass is 307 g/mol. The van der Waals surface area contributed by atoms with Crippen molar-refractivity contribution in [1.29, 1.82) is 0 Å². The molecule has 0 heterocycles. The predicted molar refractivity (Wildman–Crippen MR) is 75.2 cm³/mol. The van der Waals surface area contributed by atoms with Gasteiger partial charge in [0.25, 0.3) is 5.91 Å². The predicted octanol–water partition coefficient (Wildman–Crippen LogP) is 2.86. The molecule has 1 unspecified atom stereocenters. The molecule has 108 valence electrons. The highest BCUT2D eigenvalue weighted by Gasteiger charge is 2.26. The number of halogens is 2. The Balaban J connectivity index is 2.30. The molecule has 2 aromatic carbocycles. The summed E-state index contributed by atoms with van der Waals surface area (Å²) >= 11 is 5.78. The molecule has 0 saturated heterocycles. The Hall–Kier alpha value is -2.40. The van der Waals surface area contributed by atoms with Crippen LogP contribution in [-0.4, -0.2) is 11.9 Å². The molecule has 1 amide bonds. The van der Waals surface area contributed by atoms with E-state index < -0.39 is 29.4 Å². The van der Waals surface area contributed by atoms with Crippen molar-refractivity contribution in [2.75, 3.05) is 0 Å². The second kappa shape index (κ2) is 6.37. The van der Waals surface area contributed by atoms with Gasteiger partial charge in [-0.3, -0.25) is 4.79 Å². The maximum absolute atomic E-state index is 13.7. The van der Waals surface area contributed by atoms with Gasteiger partial charge in [0.05, 0.1) is 5.02 Å². The average Bonchev–Trinajstić information content (AvgIpc) is 2.45. The van der Waals surface area contributed by atoms with Gasteiger partial charge in [0, 0.05) is 5.56 Å². The third-order valence-corrected chi connectivity index (χ3v) is 3.07. The number of carbonyl (C=O) groups is 2. The van der Waals surface area contributed by atoms with Crippen LogP contribution in [0.5, 0.6) is 0 Å². The number of nitrogens with two attached hydrogens (primary N) is 1. The number of hydrogen-bond donors (Lipinski definition) is 1. The van der Waals surface area contributed by atoms with Crippen LogP contribution in [0.3, 0.4) is 0 Å². The van der Waals surface area contributed by atoms with Crippen LogP contribution in [0.15, 0.2) is 48.5 Å². The van der Waals surface area contributed by atoms with Gasteiger partial charge in [0.1, 0.15) is 11.4 Å². The van der Waals surface area contributed by atoms with E-state index in [-0.39, 0.29) is 5.02 Å². The normalized spacial score (nSPS) is 11.7. The van der Waals surface area contributed by atoms with E-state index in [1.165, 1.54) is 12.1 Å². The van der Waals surface area contributed by atoms with E-state index in [0.29, 0.717) is 5.56 Å². The minimum absolute atomic E-state index is 0.101. The molecular formula is C15H11ClFNO3. The molecule has 0 bridgehead atoms. The lowest BCUT2D eigenvalue weighted by atomic mass is 10.1. The number of primary amides is 1. The molecule has 0 aliphatic rings. The molecule has 2 rings (SSSR count). The molecule has 0 aliphatic carbocycles. The second-order valence-corrected chi connectivity index (χ2v) is 4.60. The fourth-order valence-corrected chi connectivity index (χ4v) is 2.02. The summed E-state index contributed by atoms with van der Waals surface area (Å²) in [5.41, 5.74) is 5.19. The highest BCUT2D eigenvalue weighted by Crippen LogP contribution is 2.24. The minimum Gasteiger partial charge on any atom is -0.444 e. The lowest BCUT2D eigenvalue weighted by Gasteiger charge is -2.15. The third-order valence-electron chi connectivity index (χ3n) is 2.75. The van der Waals surface area contributed by atoms with Crippen LogP contribution >= 0.6 is 11.6 Å². The summed E-state index contributed by atoms with van der Waals surface area (Å²) in [6.45, 7) is 0. The summed E-state index contributed by atoms with van der Waals surface area (Å²) in [6.07, 6.45) is -1.31. The Bertz CT molecular complexity index is 656. The van der Waals surface area contributed by atoms with Crippen molar-refractivity contribution in [1.82, 2.24) is 0 Å². The van der Waals surface area contributed by atoms with Crippen molar-refractivity contribution in [2.45, 2.75) is 6.10 Å². The van der Waals surface area contributed by atoms with Crippen molar-refractivity contribution in [3.05, 3.63) is 70.5 Å². The van der Waals surface area contributed by atoms with Crippen LogP contribution < -0.4 is 5.73 Å². The standard InChI is InChI=1S/C15H11ClFNO3/c16-10-7-4-8-11(17)12(10)15(20)21-13(14(18)19)9-5-2-1-3-6-9/h1-8,13H,(H2,18,19). The van der Waals surface area contributed by atoms with Gasteiger partial charge in [-0.25, -0.2) is 9.18 Å². The number of carbonyl (C=O) groups excluding carboxylic acids is 2. The van der Waals surface area contributed by atoms with Crippen molar-refractivity contribution in [3.63, 3.8) is 0 Å². The Labute approximate surface area is 125 Å². The smallest absolute Gasteiger partial charge is 0.343 e. The SMILES string of the molecule is NC(=O)C(OC(=O)c1c(F)cccc1Cl)c1ccccc1. The largest absolute Gasteiger partial charge is 0.444 e. The Morgan fingerprint density at radius 3 is 2.33 bits per heavy atom. The van der Waals surface area contributed by atoms with E-state index in [1.54, 1.807) is 30.3 Å². The molecule has 0 radical (unpaired) electrons. The lowest BCUT2D eigenvalue weighted by Crippen LogP contribution is -2.26. The molecule has 21 heavy (non-hydrogen) atoms. The average molecular weight is 308 g/mol. The molecule has 4 nitrogen and oxygen atoms in total. The van der Waals surface area contributed by atoms with E-state index in [0.717, 1.165) is 6.07 Å². The molecule has 2 aromatic rings. The van der Waals surface area contributed by atoms with Gasteiger partial charge < -0.3 is 10.5 Å². The molecule has 0 aliphatic heterocycles. The number of hydrogen-bond acceptors (Lipinski definition) is 3. The zero-order valence-corrected chi connectivity index (χ0v) is 11.5. The Morgan fingerprint density at radius 2 is 1.76 bits per heavy atom. The summed E-state index contributed by atoms with van der Waals surface area (Å²) in [5.74, 6) is -2.74. The van der Waals surface area contributed by atoms with Crippen molar-refractivity contribution in [2.24, 2.45) is 5.73 Å². The molecule has 0 saturated carbocycles. The summed E-state index contributed by atoms with van der Waals surface area (Å²) < 4.78 is 18.7. The first-order valence-corrected chi connectivity index (χ1v) is 6.37. The Morgan fingerprint density at radius 1 is 1.10 bits per heavy atom. The van der Waals surface area contributed by atoms with Crippen LogP contribution in [0.25, 0.3) is 0 Å². The molecule has 2 N–H and O–H groups in total. The zero-order valence-electron chi connectivity index (χ0n) is 10.8. The van der Waals surface area contributed by atoms with Crippen LogP contribution in [0, 0.1) is 5.82 Å². The van der Waals surface area contributed by atoms with Crippen LogP contribution in [0.4, 0.5) is 4.39 Å². The van der Waals surface area contributed by atoms with Gasteiger partial charge in [0.2, 0.25) is 6.10 Å². The molecule has 1 atom stereocenters. The van der Waals surface area contributed by atoms with E-state index >= 15 is 0 Å². The van der Waals surface area contributed by atoms with E-state index in [4.69, 9.17) is 22.1 Å². The molecule has 6 heteroatoms. The first-order valence-electron chi connectivity index (χ1n) is 6.00. The van der Waals surface area contributed by atoms with Gasteiger partial charge in [-0.1, -0.05) is 48.0 Å². The van der Waals surface area contributed by atoms with Gasteiger partial charge in [-0.2, -0.15) is 0 Å². The van der Waals surface area contributed by atoms with E-state index in [1.807, 2.05) is 0 Å². The zero-order chi connectivity index (χ0) is 15.4. The fraction of sp³-hybridized carbons (Fsp3) is 0.0667. The topological polar surface area (TPSA) is 69.4 Å². The first kappa shape index (κ1) is 15.0. The van der Waals surface area contributed by atoms with Crippen LogP contribution in [0.1, 0.15) is 22.0 Å². The van der Waals surface area contributed by atoms with Gasteiger partial charge in [-0.05, 0) is 12.1 Å². The van der Waals surface area contributed by atoms with Crippen molar-refractivity contribution < 1.29 is 18.7 Å². The number of amides is 1. The number of esters is 1. The molecule has 0 aromatic heterocycles. The fourth-order valence-electron chi connectivity index (χ4n) is 1.78. The number of benzene rings is 2. The molecule has 0 spiro atoms.